The van der Waals surface area contributed by atoms with Crippen LogP contribution in [-0.4, -0.2) is 23.9 Å². The highest BCUT2D eigenvalue weighted by Gasteiger charge is 2.08. The van der Waals surface area contributed by atoms with Gasteiger partial charge in [-0.15, -0.1) is 0 Å². The summed E-state index contributed by atoms with van der Waals surface area (Å²) in [6.07, 6.45) is 0. The lowest BCUT2D eigenvalue weighted by Crippen LogP contribution is -2.30. The predicted octanol–water partition coefficient (Wildman–Crippen LogP) is 0.250. The summed E-state index contributed by atoms with van der Waals surface area (Å²) in [5.41, 5.74) is 0.615. The molecular weight excluding hydrogens is 154 g/mol. The highest BCUT2D eigenvalue weighted by molar-refractivity contribution is 5.92. The molecule has 0 heterocycles. The van der Waals surface area contributed by atoms with Crippen molar-refractivity contribution in [3.05, 3.63) is 12.2 Å². The molecule has 0 saturated carbocycles. The van der Waals surface area contributed by atoms with Crippen molar-refractivity contribution in [2.75, 3.05) is 13.1 Å². The lowest BCUT2D eigenvalue weighted by atomic mass is 10.3. The lowest BCUT2D eigenvalue weighted by molar-refractivity contribution is -0.126. The van der Waals surface area contributed by atoms with Crippen molar-refractivity contribution in [3.63, 3.8) is 0 Å². The van der Waals surface area contributed by atoms with Crippen LogP contribution in [0.25, 0.3) is 0 Å². The molecule has 0 spiro atoms. The molecule has 0 aliphatic carbocycles. The van der Waals surface area contributed by atoms with Crippen LogP contribution in [-0.2, 0) is 4.79 Å². The minimum Gasteiger partial charge on any atom is -0.340 e. The molecular formula is C8H19N3O. The standard InChI is InChI=1S/C8H15NO.H4N2/c1-5-9(6-2)8(10)7(3)4;1-2/h3,5-6H2,1-2,4H3;1-2H2. The van der Waals surface area contributed by atoms with E-state index in [1.807, 2.05) is 13.8 Å². The maximum absolute atomic E-state index is 11.1. The second-order valence-corrected chi connectivity index (χ2v) is 2.26. The summed E-state index contributed by atoms with van der Waals surface area (Å²) >= 11 is 0. The second-order valence-electron chi connectivity index (χ2n) is 2.26. The van der Waals surface area contributed by atoms with Crippen molar-refractivity contribution in [1.82, 2.24) is 4.90 Å². The maximum atomic E-state index is 11.1. The van der Waals surface area contributed by atoms with Gasteiger partial charge in [0.15, 0.2) is 0 Å². The van der Waals surface area contributed by atoms with Gasteiger partial charge >= 0.3 is 0 Å². The van der Waals surface area contributed by atoms with Crippen molar-refractivity contribution in [2.24, 2.45) is 11.7 Å². The van der Waals surface area contributed by atoms with Gasteiger partial charge in [0.25, 0.3) is 0 Å². The van der Waals surface area contributed by atoms with E-state index in [1.54, 1.807) is 11.8 Å². The molecule has 0 fully saturated rings. The van der Waals surface area contributed by atoms with E-state index in [9.17, 15) is 4.79 Å². The van der Waals surface area contributed by atoms with Crippen LogP contribution in [0, 0.1) is 0 Å². The number of rotatable bonds is 3. The fourth-order valence-corrected chi connectivity index (χ4v) is 0.781. The number of hydrazine groups is 1. The Morgan fingerprint density at radius 3 is 1.75 bits per heavy atom. The van der Waals surface area contributed by atoms with Crippen LogP contribution in [0.4, 0.5) is 0 Å². The summed E-state index contributed by atoms with van der Waals surface area (Å²) in [4.78, 5) is 12.9. The molecule has 0 aromatic heterocycles. The van der Waals surface area contributed by atoms with Gasteiger partial charge in [-0.2, -0.15) is 0 Å². The monoisotopic (exact) mass is 173 g/mol. The van der Waals surface area contributed by atoms with Gasteiger partial charge in [-0.05, 0) is 20.8 Å². The van der Waals surface area contributed by atoms with E-state index in [-0.39, 0.29) is 5.91 Å². The Hall–Kier alpha value is -0.870. The normalized spacial score (nSPS) is 8.08. The molecule has 4 heteroatoms. The van der Waals surface area contributed by atoms with Crippen LogP contribution >= 0.6 is 0 Å². The zero-order valence-electron chi connectivity index (χ0n) is 8.13. The minimum absolute atomic E-state index is 0.0602. The number of likely N-dealkylation sites (N-methyl/N-ethyl adjacent to an activating group) is 1. The number of carbonyl (C=O) groups excluding carboxylic acids is 1. The SMILES string of the molecule is C=C(C)C(=O)N(CC)CC.NN. The zero-order chi connectivity index (χ0) is 10.1. The predicted molar refractivity (Wildman–Crippen MR) is 51.1 cm³/mol. The topological polar surface area (TPSA) is 72.3 Å². The van der Waals surface area contributed by atoms with Crippen LogP contribution < -0.4 is 11.7 Å². The molecule has 0 radical (unpaired) electrons. The number of hydrogen-bond acceptors (Lipinski definition) is 3. The summed E-state index contributed by atoms with van der Waals surface area (Å²) in [7, 11) is 0. The molecule has 0 aromatic carbocycles. The molecule has 0 atom stereocenters. The Bertz CT molecular complexity index is 141. The van der Waals surface area contributed by atoms with Crippen LogP contribution in [0.5, 0.6) is 0 Å². The Labute approximate surface area is 74.2 Å². The van der Waals surface area contributed by atoms with Gasteiger partial charge in [0, 0.05) is 18.7 Å². The van der Waals surface area contributed by atoms with Crippen molar-refractivity contribution in [2.45, 2.75) is 20.8 Å². The van der Waals surface area contributed by atoms with Gasteiger partial charge < -0.3 is 4.90 Å². The third kappa shape index (κ3) is 4.87. The van der Waals surface area contributed by atoms with E-state index < -0.39 is 0 Å². The van der Waals surface area contributed by atoms with Crippen LogP contribution in [0.2, 0.25) is 0 Å². The average Bonchev–Trinajstić information content (AvgIpc) is 2.10. The van der Waals surface area contributed by atoms with Crippen LogP contribution in [0.15, 0.2) is 12.2 Å². The Balaban J connectivity index is 0. The summed E-state index contributed by atoms with van der Waals surface area (Å²) in [5, 5.41) is 0. The van der Waals surface area contributed by atoms with Gasteiger partial charge in [-0.1, -0.05) is 6.58 Å². The van der Waals surface area contributed by atoms with Crippen molar-refractivity contribution in [3.8, 4) is 0 Å². The number of hydrogen-bond donors (Lipinski definition) is 2. The molecule has 0 unspecified atom stereocenters. The lowest BCUT2D eigenvalue weighted by Gasteiger charge is -2.17. The Kier molecular flexibility index (Phi) is 9.40. The first-order valence-electron chi connectivity index (χ1n) is 3.91. The zero-order valence-corrected chi connectivity index (χ0v) is 8.13. The highest BCUT2D eigenvalue weighted by Crippen LogP contribution is 1.96. The van der Waals surface area contributed by atoms with Gasteiger partial charge in [-0.25, -0.2) is 0 Å². The molecule has 4 N–H and O–H groups in total. The molecule has 12 heavy (non-hydrogen) atoms. The van der Waals surface area contributed by atoms with Crippen molar-refractivity contribution >= 4 is 5.91 Å². The van der Waals surface area contributed by atoms with Crippen LogP contribution in [0.1, 0.15) is 20.8 Å². The molecule has 0 aliphatic rings. The molecule has 0 rings (SSSR count). The maximum Gasteiger partial charge on any atom is 0.248 e. The number of carbonyl (C=O) groups is 1. The first kappa shape index (κ1) is 13.7. The van der Waals surface area contributed by atoms with Gasteiger partial charge in [0.2, 0.25) is 5.91 Å². The highest BCUT2D eigenvalue weighted by atomic mass is 16.2. The van der Waals surface area contributed by atoms with Crippen molar-refractivity contribution < 1.29 is 4.79 Å². The minimum atomic E-state index is 0.0602. The van der Waals surface area contributed by atoms with Crippen molar-refractivity contribution in [1.29, 1.82) is 0 Å². The van der Waals surface area contributed by atoms with E-state index in [0.29, 0.717) is 5.57 Å². The smallest absolute Gasteiger partial charge is 0.248 e. The number of nitrogens with zero attached hydrogens (tertiary/aromatic N) is 1. The second kappa shape index (κ2) is 8.23. The molecule has 0 aliphatic heterocycles. The van der Waals surface area contributed by atoms with Gasteiger partial charge in [0.05, 0.1) is 0 Å². The van der Waals surface area contributed by atoms with E-state index >= 15 is 0 Å². The first-order chi connectivity index (χ1) is 5.63. The summed E-state index contributed by atoms with van der Waals surface area (Å²) in [5.74, 6) is 8.06. The first-order valence-corrected chi connectivity index (χ1v) is 3.91. The third-order valence-corrected chi connectivity index (χ3v) is 1.42. The molecule has 72 valence electrons. The molecule has 0 saturated heterocycles. The summed E-state index contributed by atoms with van der Waals surface area (Å²) in [6.45, 7) is 10.8. The average molecular weight is 173 g/mol. The largest absolute Gasteiger partial charge is 0.340 e. The van der Waals surface area contributed by atoms with E-state index in [1.165, 1.54) is 0 Å². The Morgan fingerprint density at radius 1 is 1.33 bits per heavy atom. The van der Waals surface area contributed by atoms with Crippen LogP contribution in [0.3, 0.4) is 0 Å². The van der Waals surface area contributed by atoms with Gasteiger partial charge in [0.1, 0.15) is 0 Å². The molecule has 0 aromatic rings. The van der Waals surface area contributed by atoms with E-state index in [2.05, 4.69) is 18.3 Å². The molecule has 4 nitrogen and oxygen atoms in total. The molecule has 0 bridgehead atoms. The molecule has 1 amide bonds. The van der Waals surface area contributed by atoms with Gasteiger partial charge in [-0.3, -0.25) is 16.5 Å². The fraction of sp³-hybridized carbons (Fsp3) is 0.625. The quantitative estimate of drug-likeness (QED) is 0.365. The fourth-order valence-electron chi connectivity index (χ4n) is 0.781. The van der Waals surface area contributed by atoms with E-state index in [0.717, 1.165) is 13.1 Å². The Morgan fingerprint density at radius 2 is 1.67 bits per heavy atom. The summed E-state index contributed by atoms with van der Waals surface area (Å²) in [6, 6.07) is 0. The van der Waals surface area contributed by atoms with E-state index in [4.69, 9.17) is 0 Å². The number of nitrogens with two attached hydrogens (primary N) is 2. The number of amides is 1. The summed E-state index contributed by atoms with van der Waals surface area (Å²) < 4.78 is 0. The third-order valence-electron chi connectivity index (χ3n) is 1.42.